The first-order chi connectivity index (χ1) is 35.2. The summed E-state index contributed by atoms with van der Waals surface area (Å²) in [4.78, 5) is 2.49. The molecule has 2 aliphatic heterocycles. The van der Waals surface area contributed by atoms with Gasteiger partial charge in [-0.1, -0.05) is 206 Å². The van der Waals surface area contributed by atoms with Crippen molar-refractivity contribution < 1.29 is 9.47 Å². The van der Waals surface area contributed by atoms with Gasteiger partial charge in [-0.25, -0.2) is 0 Å². The van der Waals surface area contributed by atoms with E-state index in [2.05, 4.69) is 266 Å². The van der Waals surface area contributed by atoms with Crippen molar-refractivity contribution in [2.24, 2.45) is 0 Å². The molecule has 0 saturated heterocycles. The van der Waals surface area contributed by atoms with Crippen molar-refractivity contribution in [2.45, 2.75) is 10.8 Å². The summed E-state index contributed by atoms with van der Waals surface area (Å²) in [5.74, 6) is 3.53. The smallest absolute Gasteiger partial charge is 0.132 e. The Labute approximate surface area is 413 Å². The predicted molar refractivity (Wildman–Crippen MR) is 287 cm³/mol. The monoisotopic (exact) mass is 905 g/mol. The highest BCUT2D eigenvalue weighted by atomic mass is 16.5. The molecule has 3 heteroatoms. The van der Waals surface area contributed by atoms with E-state index in [1.54, 1.807) is 0 Å². The maximum absolute atomic E-state index is 6.76. The largest absolute Gasteiger partial charge is 0.457 e. The van der Waals surface area contributed by atoms with Crippen LogP contribution in [0.1, 0.15) is 44.5 Å². The summed E-state index contributed by atoms with van der Waals surface area (Å²) >= 11 is 0. The average molecular weight is 906 g/mol. The second-order valence-corrected chi connectivity index (χ2v) is 19.0. The Morgan fingerprint density at radius 2 is 0.620 bits per heavy atom. The van der Waals surface area contributed by atoms with Crippen molar-refractivity contribution in [1.82, 2.24) is 0 Å². The van der Waals surface area contributed by atoms with Crippen LogP contribution in [-0.2, 0) is 10.8 Å². The van der Waals surface area contributed by atoms with Crippen LogP contribution in [0.2, 0.25) is 0 Å². The quantitative estimate of drug-likeness (QED) is 0.172. The number of ether oxygens (including phenoxy) is 2. The number of benzene rings is 11. The van der Waals surface area contributed by atoms with Gasteiger partial charge in [0.25, 0.3) is 0 Å². The van der Waals surface area contributed by atoms with Crippen molar-refractivity contribution in [1.29, 1.82) is 0 Å². The zero-order valence-corrected chi connectivity index (χ0v) is 38.6. The van der Waals surface area contributed by atoms with E-state index in [1.807, 2.05) is 0 Å². The zero-order valence-electron chi connectivity index (χ0n) is 38.6. The minimum atomic E-state index is -0.626. The standard InChI is InChI=1S/C68H43NO2/c1-2-18-44(19-3-1)45-34-36-46(37-35-45)49-20-6-13-29-62(49)69(47-39-41-56-53(42-47)51-22-5-8-24-55(51)67(56)57-25-9-14-30-63(57)70-64-31-15-10-26-58(64)67)48-38-40-52-50-21-4-7-23-54(50)68(61(52)43-48)59-27-11-16-32-65(59)71-66-33-17-12-28-60(66)68/h1-43H. The Hall–Kier alpha value is -9.18. The summed E-state index contributed by atoms with van der Waals surface area (Å²) in [6, 6.07) is 95.2. The summed E-state index contributed by atoms with van der Waals surface area (Å²) in [5.41, 5.74) is 21.1. The number of para-hydroxylation sites is 5. The van der Waals surface area contributed by atoms with E-state index < -0.39 is 10.8 Å². The Bertz CT molecular complexity index is 3870. The fraction of sp³-hybridized carbons (Fsp3) is 0.0294. The third-order valence-corrected chi connectivity index (χ3v) is 15.6. The topological polar surface area (TPSA) is 21.7 Å². The summed E-state index contributed by atoms with van der Waals surface area (Å²) in [6.45, 7) is 0. The fourth-order valence-corrected chi connectivity index (χ4v) is 12.8. The molecule has 0 atom stereocenters. The zero-order chi connectivity index (χ0) is 46.7. The lowest BCUT2D eigenvalue weighted by Gasteiger charge is -2.40. The number of anilines is 3. The Morgan fingerprint density at radius 3 is 1.20 bits per heavy atom. The van der Waals surface area contributed by atoms with Crippen LogP contribution >= 0.6 is 0 Å². The fourth-order valence-electron chi connectivity index (χ4n) is 12.8. The number of hydrogen-bond acceptors (Lipinski definition) is 3. The first kappa shape index (κ1) is 39.8. The van der Waals surface area contributed by atoms with Gasteiger partial charge in [-0.15, -0.1) is 0 Å². The lowest BCUT2D eigenvalue weighted by molar-refractivity contribution is 0.436. The normalized spacial score (nSPS) is 14.1. The van der Waals surface area contributed by atoms with Gasteiger partial charge < -0.3 is 14.4 Å². The molecule has 3 nitrogen and oxygen atoms in total. The molecule has 15 rings (SSSR count). The third-order valence-electron chi connectivity index (χ3n) is 15.6. The van der Waals surface area contributed by atoms with E-state index in [0.717, 1.165) is 73.4 Å². The molecule has 0 N–H and O–H groups in total. The molecule has 2 aliphatic carbocycles. The highest BCUT2D eigenvalue weighted by Crippen LogP contribution is 2.65. The lowest BCUT2D eigenvalue weighted by atomic mass is 9.66. The highest BCUT2D eigenvalue weighted by Gasteiger charge is 2.53. The molecule has 11 aromatic carbocycles. The van der Waals surface area contributed by atoms with Gasteiger partial charge in [0.1, 0.15) is 23.0 Å². The van der Waals surface area contributed by atoms with Gasteiger partial charge in [-0.05, 0) is 116 Å². The van der Waals surface area contributed by atoms with Crippen LogP contribution in [0.3, 0.4) is 0 Å². The van der Waals surface area contributed by atoms with Crippen LogP contribution in [0.25, 0.3) is 44.5 Å². The van der Waals surface area contributed by atoms with Crippen molar-refractivity contribution in [3.63, 3.8) is 0 Å². The minimum absolute atomic E-state index is 0.575. The number of hydrogen-bond donors (Lipinski definition) is 0. The summed E-state index contributed by atoms with van der Waals surface area (Å²) in [6.07, 6.45) is 0. The third kappa shape index (κ3) is 5.49. The summed E-state index contributed by atoms with van der Waals surface area (Å²) < 4.78 is 13.5. The van der Waals surface area contributed by atoms with Crippen LogP contribution in [0.15, 0.2) is 261 Å². The maximum atomic E-state index is 6.76. The Kier molecular flexibility index (Phi) is 8.49. The van der Waals surface area contributed by atoms with Crippen LogP contribution in [0.5, 0.6) is 23.0 Å². The predicted octanol–water partition coefficient (Wildman–Crippen LogP) is 17.4. The minimum Gasteiger partial charge on any atom is -0.457 e. The SMILES string of the molecule is c1ccc(-c2ccc(-c3ccccc3N(c3ccc4c(c3)-c3ccccc3C43c4ccccc4Oc4ccccc43)c3ccc4c(c3)C3(c5ccccc5Oc5ccccc53)c3ccccc3-4)cc2)cc1. The van der Waals surface area contributed by atoms with Gasteiger partial charge in [0.05, 0.1) is 16.5 Å². The van der Waals surface area contributed by atoms with E-state index in [-0.39, 0.29) is 0 Å². The number of fused-ring (bicyclic) bond motifs is 18. The molecule has 0 unspecified atom stereocenters. The number of nitrogens with zero attached hydrogens (tertiary/aromatic N) is 1. The van der Waals surface area contributed by atoms with Gasteiger partial charge in [-0.2, -0.15) is 0 Å². The van der Waals surface area contributed by atoms with Crippen molar-refractivity contribution in [3.8, 4) is 67.5 Å². The molecule has 0 amide bonds. The molecular weight excluding hydrogens is 863 g/mol. The van der Waals surface area contributed by atoms with E-state index >= 15 is 0 Å². The molecule has 332 valence electrons. The molecule has 71 heavy (non-hydrogen) atoms. The van der Waals surface area contributed by atoms with Crippen molar-refractivity contribution >= 4 is 17.1 Å². The van der Waals surface area contributed by atoms with Crippen molar-refractivity contribution in [2.75, 3.05) is 4.90 Å². The van der Waals surface area contributed by atoms with Gasteiger partial charge in [-0.3, -0.25) is 0 Å². The molecule has 0 fully saturated rings. The summed E-state index contributed by atoms with van der Waals surface area (Å²) in [7, 11) is 0. The number of rotatable bonds is 5. The average Bonchev–Trinajstić information content (AvgIpc) is 3.89. The molecule has 2 spiro atoms. The van der Waals surface area contributed by atoms with Crippen molar-refractivity contribution in [3.05, 3.63) is 305 Å². The Morgan fingerprint density at radius 1 is 0.239 bits per heavy atom. The molecule has 0 bridgehead atoms. The second-order valence-electron chi connectivity index (χ2n) is 19.0. The van der Waals surface area contributed by atoms with Gasteiger partial charge >= 0.3 is 0 Å². The van der Waals surface area contributed by atoms with E-state index in [4.69, 9.17) is 9.47 Å². The lowest BCUT2D eigenvalue weighted by Crippen LogP contribution is -2.32. The van der Waals surface area contributed by atoms with Crippen LogP contribution in [0.4, 0.5) is 17.1 Å². The van der Waals surface area contributed by atoms with E-state index in [0.29, 0.717) is 0 Å². The molecule has 2 heterocycles. The van der Waals surface area contributed by atoms with Crippen LogP contribution in [0, 0.1) is 0 Å². The van der Waals surface area contributed by atoms with Gasteiger partial charge in [0.2, 0.25) is 0 Å². The van der Waals surface area contributed by atoms with Crippen LogP contribution < -0.4 is 14.4 Å². The van der Waals surface area contributed by atoms with Gasteiger partial charge in [0, 0.05) is 39.2 Å². The molecule has 11 aromatic rings. The summed E-state index contributed by atoms with van der Waals surface area (Å²) in [5, 5.41) is 0. The van der Waals surface area contributed by atoms with Crippen LogP contribution in [-0.4, -0.2) is 0 Å². The Balaban J connectivity index is 0.994. The maximum Gasteiger partial charge on any atom is 0.132 e. The molecule has 4 aliphatic rings. The highest BCUT2D eigenvalue weighted by molar-refractivity contribution is 5.96. The second kappa shape index (κ2) is 15.2. The molecule has 0 radical (unpaired) electrons. The van der Waals surface area contributed by atoms with E-state index in [1.165, 1.54) is 55.6 Å². The van der Waals surface area contributed by atoms with Gasteiger partial charge in [0.15, 0.2) is 0 Å². The van der Waals surface area contributed by atoms with E-state index in [9.17, 15) is 0 Å². The first-order valence-electron chi connectivity index (χ1n) is 24.5. The molecule has 0 aromatic heterocycles. The first-order valence-corrected chi connectivity index (χ1v) is 24.5. The molecular formula is C68H43NO2. The molecule has 0 saturated carbocycles.